The highest BCUT2D eigenvalue weighted by atomic mass is 15.6. The van der Waals surface area contributed by atoms with E-state index in [0.29, 0.717) is 0 Å². The Hall–Kier alpha value is -1.78. The van der Waals surface area contributed by atoms with Gasteiger partial charge in [-0.3, -0.25) is 4.98 Å². The number of aromatic nitrogens is 1. The Morgan fingerprint density at radius 3 is 2.83 bits per heavy atom. The van der Waals surface area contributed by atoms with Crippen molar-refractivity contribution in [3.63, 3.8) is 0 Å². The van der Waals surface area contributed by atoms with E-state index in [-0.39, 0.29) is 0 Å². The van der Waals surface area contributed by atoms with Gasteiger partial charge in [-0.25, -0.2) is 0 Å². The van der Waals surface area contributed by atoms with Gasteiger partial charge in [0.25, 0.3) is 5.84 Å². The maximum atomic E-state index is 3.91. The first-order chi connectivity index (χ1) is 5.95. The van der Waals surface area contributed by atoms with Gasteiger partial charge in [-0.15, -0.1) is 5.43 Å². The van der Waals surface area contributed by atoms with Crippen LogP contribution in [0.2, 0.25) is 0 Å². The first-order valence-electron chi connectivity index (χ1n) is 3.56. The molecular weight excluding hydrogens is 154 g/mol. The van der Waals surface area contributed by atoms with Crippen LogP contribution >= 0.6 is 0 Å². The summed E-state index contributed by atoms with van der Waals surface area (Å²) >= 11 is 0. The summed E-state index contributed by atoms with van der Waals surface area (Å²) in [5.74, 6) is 0.765. The molecule has 0 aliphatic carbocycles. The normalized spacial score (nSPS) is 14.2. The molecule has 5 nitrogen and oxygen atoms in total. The Morgan fingerprint density at radius 2 is 2.17 bits per heavy atom. The van der Waals surface area contributed by atoms with Gasteiger partial charge in [0, 0.05) is 12.4 Å². The second-order valence-corrected chi connectivity index (χ2v) is 2.38. The van der Waals surface area contributed by atoms with E-state index in [2.05, 4.69) is 26.0 Å². The number of amidine groups is 1. The van der Waals surface area contributed by atoms with Crippen LogP contribution in [0.3, 0.4) is 0 Å². The smallest absolute Gasteiger partial charge is 0.265 e. The molecule has 0 atom stereocenters. The van der Waals surface area contributed by atoms with Crippen molar-refractivity contribution in [2.24, 2.45) is 10.3 Å². The van der Waals surface area contributed by atoms with Gasteiger partial charge in [0.15, 0.2) is 5.22 Å². The van der Waals surface area contributed by atoms with Crippen LogP contribution in [-0.2, 0) is 6.42 Å². The summed E-state index contributed by atoms with van der Waals surface area (Å²) in [6.07, 6.45) is 4.22. The second-order valence-electron chi connectivity index (χ2n) is 2.38. The molecule has 1 aliphatic heterocycles. The zero-order chi connectivity index (χ0) is 8.23. The number of hydrogen-bond donors (Lipinski definition) is 1. The largest absolute Gasteiger partial charge is 0.289 e. The molecule has 0 fully saturated rings. The summed E-state index contributed by atoms with van der Waals surface area (Å²) < 4.78 is 0. The lowest BCUT2D eigenvalue weighted by atomic mass is 10.2. The van der Waals surface area contributed by atoms with Crippen LogP contribution in [-0.4, -0.2) is 10.8 Å². The molecule has 2 rings (SSSR count). The van der Waals surface area contributed by atoms with Gasteiger partial charge in [0.1, 0.15) is 0 Å². The monoisotopic (exact) mass is 161 g/mol. The van der Waals surface area contributed by atoms with E-state index in [1.807, 2.05) is 12.1 Å². The number of hydrogen-bond acceptors (Lipinski definition) is 5. The van der Waals surface area contributed by atoms with E-state index in [1.165, 1.54) is 0 Å². The third kappa shape index (κ3) is 1.45. The van der Waals surface area contributed by atoms with Crippen LogP contribution in [0.15, 0.2) is 34.9 Å². The maximum Gasteiger partial charge on any atom is 0.289 e. The molecule has 1 aromatic rings. The Labute approximate surface area is 69.2 Å². The number of pyridine rings is 1. The number of nitrogens with one attached hydrogen (secondary N) is 1. The van der Waals surface area contributed by atoms with Crippen LogP contribution in [0.4, 0.5) is 0 Å². The number of rotatable bonds is 2. The molecule has 1 radical (unpaired) electrons. The van der Waals surface area contributed by atoms with Gasteiger partial charge in [-0.05, 0) is 17.7 Å². The summed E-state index contributed by atoms with van der Waals surface area (Å²) in [5, 5.41) is 10.7. The van der Waals surface area contributed by atoms with Gasteiger partial charge in [0.2, 0.25) is 5.22 Å². The number of nitrogens with zero attached hydrogens (tertiary/aromatic N) is 4. The molecule has 1 N–H and O–H groups in total. The summed E-state index contributed by atoms with van der Waals surface area (Å²) in [6, 6.07) is 3.87. The zero-order valence-corrected chi connectivity index (χ0v) is 6.31. The van der Waals surface area contributed by atoms with Crippen LogP contribution in [0, 0.1) is 0 Å². The SMILES string of the molecule is c1cc(CC2=NN=[N+]N2)ccn1. The highest BCUT2D eigenvalue weighted by Crippen LogP contribution is 1.99. The van der Waals surface area contributed by atoms with E-state index >= 15 is 0 Å². The van der Waals surface area contributed by atoms with Crippen molar-refractivity contribution in [2.45, 2.75) is 6.42 Å². The lowest BCUT2D eigenvalue weighted by Crippen LogP contribution is -2.21. The fourth-order valence-electron chi connectivity index (χ4n) is 0.948. The molecule has 0 aromatic carbocycles. The molecule has 0 unspecified atom stereocenters. The minimum atomic E-state index is 0.718. The molecule has 0 spiro atoms. The quantitative estimate of drug-likeness (QED) is 0.675. The summed E-state index contributed by atoms with van der Waals surface area (Å²) in [6.45, 7) is 0. The first-order valence-corrected chi connectivity index (χ1v) is 3.56. The lowest BCUT2D eigenvalue weighted by molar-refractivity contribution is 0.813. The summed E-state index contributed by atoms with van der Waals surface area (Å²) in [5.41, 5.74) is 3.84. The van der Waals surface area contributed by atoms with Gasteiger partial charge >= 0.3 is 0 Å². The van der Waals surface area contributed by atoms with Gasteiger partial charge in [0.05, 0.1) is 11.5 Å². The highest BCUT2D eigenvalue weighted by Gasteiger charge is 2.14. The van der Waals surface area contributed by atoms with Crippen molar-refractivity contribution < 1.29 is 0 Å². The standard InChI is InChI=1S/C7H7N5/c1-3-8-4-2-6(1)5-7-9-11-12-10-7/h1-4H,5H2,(H,9,10,11)/q+1. The molecule has 1 aliphatic rings. The Balaban J connectivity index is 2.05. The maximum absolute atomic E-state index is 3.91. The predicted molar refractivity (Wildman–Crippen MR) is 43.1 cm³/mol. The predicted octanol–water partition coefficient (Wildman–Crippen LogP) is 0.244. The summed E-state index contributed by atoms with van der Waals surface area (Å²) in [7, 11) is 0. The van der Waals surface area contributed by atoms with Crippen molar-refractivity contribution in [1.29, 1.82) is 0 Å². The fraction of sp³-hybridized carbons (Fsp3) is 0.143. The minimum Gasteiger partial charge on any atom is -0.265 e. The average Bonchev–Trinajstić information content (AvgIpc) is 2.59. The van der Waals surface area contributed by atoms with Crippen molar-refractivity contribution in [3.8, 4) is 0 Å². The second kappa shape index (κ2) is 3.08. The van der Waals surface area contributed by atoms with Gasteiger partial charge in [-0.1, -0.05) is 0 Å². The molecule has 1 aromatic heterocycles. The molecule has 2 heterocycles. The Kier molecular flexibility index (Phi) is 1.77. The molecular formula is C7H7N5+. The van der Waals surface area contributed by atoms with E-state index in [0.717, 1.165) is 17.8 Å². The van der Waals surface area contributed by atoms with Crippen molar-refractivity contribution >= 4 is 5.84 Å². The van der Waals surface area contributed by atoms with Crippen LogP contribution in [0.25, 0.3) is 0 Å². The molecule has 0 saturated carbocycles. The Morgan fingerprint density at radius 1 is 1.33 bits per heavy atom. The molecule has 59 valence electrons. The topological polar surface area (TPSA) is 63.7 Å². The van der Waals surface area contributed by atoms with Crippen molar-refractivity contribution in [3.05, 3.63) is 30.1 Å². The van der Waals surface area contributed by atoms with E-state index in [1.54, 1.807) is 12.4 Å². The van der Waals surface area contributed by atoms with E-state index in [9.17, 15) is 0 Å². The molecule has 5 heteroatoms. The van der Waals surface area contributed by atoms with Crippen LogP contribution in [0.5, 0.6) is 0 Å². The Bertz CT molecular complexity index is 316. The molecule has 12 heavy (non-hydrogen) atoms. The zero-order valence-electron chi connectivity index (χ0n) is 6.31. The third-order valence-corrected chi connectivity index (χ3v) is 1.51. The first kappa shape index (κ1) is 6.90. The van der Waals surface area contributed by atoms with Crippen LogP contribution in [0.1, 0.15) is 5.56 Å². The molecule has 0 bridgehead atoms. The summed E-state index contributed by atoms with van der Waals surface area (Å²) in [4.78, 5) is 3.91. The fourth-order valence-corrected chi connectivity index (χ4v) is 0.948. The van der Waals surface area contributed by atoms with E-state index in [4.69, 9.17) is 0 Å². The van der Waals surface area contributed by atoms with E-state index < -0.39 is 0 Å². The molecule has 0 amide bonds. The van der Waals surface area contributed by atoms with Gasteiger partial charge < -0.3 is 0 Å². The lowest BCUT2D eigenvalue weighted by Gasteiger charge is -1.92. The molecule has 0 saturated heterocycles. The van der Waals surface area contributed by atoms with Crippen LogP contribution < -0.4 is 10.6 Å². The minimum absolute atomic E-state index is 0.718. The van der Waals surface area contributed by atoms with Crippen molar-refractivity contribution in [2.75, 3.05) is 0 Å². The third-order valence-electron chi connectivity index (χ3n) is 1.51. The van der Waals surface area contributed by atoms with Crippen molar-refractivity contribution in [1.82, 2.24) is 15.6 Å². The van der Waals surface area contributed by atoms with Gasteiger partial charge in [-0.2, -0.15) is 0 Å². The highest BCUT2D eigenvalue weighted by molar-refractivity contribution is 5.84. The average molecular weight is 161 g/mol.